The van der Waals surface area contributed by atoms with E-state index in [2.05, 4.69) is 0 Å². The number of piperazine rings is 1. The number of nitro groups is 1. The average Bonchev–Trinajstić information content (AvgIpc) is 2.67. The Morgan fingerprint density at radius 1 is 0.929 bits per heavy atom. The average molecular weight is 415 g/mol. The van der Waals surface area contributed by atoms with Crippen molar-refractivity contribution >= 4 is 21.4 Å². The highest BCUT2D eigenvalue weighted by molar-refractivity contribution is 7.89. The van der Waals surface area contributed by atoms with Gasteiger partial charge in [0.1, 0.15) is 5.69 Å². The van der Waals surface area contributed by atoms with Gasteiger partial charge in [0.15, 0.2) is 0 Å². The molecule has 0 atom stereocenters. The second-order valence-corrected chi connectivity index (χ2v) is 8.04. The number of sulfonamides is 1. The number of anilines is 1. The summed E-state index contributed by atoms with van der Waals surface area (Å²) in [5, 5.41) is 11.2. The van der Waals surface area contributed by atoms with Gasteiger partial charge in [-0.15, -0.1) is 0 Å². The fraction of sp³-hybridized carbons (Fsp3) is 0.294. The summed E-state index contributed by atoms with van der Waals surface area (Å²) in [5.41, 5.74) is -0.974. The van der Waals surface area contributed by atoms with E-state index in [4.69, 9.17) is 0 Å². The van der Waals surface area contributed by atoms with Crippen molar-refractivity contribution in [3.8, 4) is 0 Å². The van der Waals surface area contributed by atoms with Gasteiger partial charge >= 0.3 is 6.18 Å². The molecule has 7 nitrogen and oxygen atoms in total. The Morgan fingerprint density at radius 2 is 1.50 bits per heavy atom. The normalized spacial score (nSPS) is 16.2. The third kappa shape index (κ3) is 3.80. The number of nitro benzene ring substituents is 1. The number of nitrogens with zero attached hydrogens (tertiary/aromatic N) is 3. The number of benzene rings is 2. The SMILES string of the molecule is O=[N+]([O-])c1ccccc1N1CCN(S(=O)(=O)c2ccccc2C(F)(F)F)CC1. The fourth-order valence-electron chi connectivity index (χ4n) is 3.12. The summed E-state index contributed by atoms with van der Waals surface area (Å²) in [7, 11) is -4.36. The summed E-state index contributed by atoms with van der Waals surface area (Å²) in [6, 6.07) is 10.1. The first-order chi connectivity index (χ1) is 13.1. The largest absolute Gasteiger partial charge is 0.417 e. The number of halogens is 3. The van der Waals surface area contributed by atoms with E-state index >= 15 is 0 Å². The molecule has 2 aromatic rings. The molecule has 1 heterocycles. The predicted molar refractivity (Wildman–Crippen MR) is 95.5 cm³/mol. The Morgan fingerprint density at radius 3 is 2.11 bits per heavy atom. The molecule has 28 heavy (non-hydrogen) atoms. The third-order valence-electron chi connectivity index (χ3n) is 4.47. The van der Waals surface area contributed by atoms with Gasteiger partial charge in [0.05, 0.1) is 15.4 Å². The minimum absolute atomic E-state index is 0.0828. The van der Waals surface area contributed by atoms with Crippen LogP contribution in [0.3, 0.4) is 0 Å². The highest BCUT2D eigenvalue weighted by Gasteiger charge is 2.39. The fourth-order valence-corrected chi connectivity index (χ4v) is 4.75. The van der Waals surface area contributed by atoms with Crippen molar-refractivity contribution in [2.75, 3.05) is 31.1 Å². The van der Waals surface area contributed by atoms with E-state index in [1.807, 2.05) is 0 Å². The smallest absolute Gasteiger partial charge is 0.363 e. The van der Waals surface area contributed by atoms with Crippen molar-refractivity contribution in [1.29, 1.82) is 0 Å². The van der Waals surface area contributed by atoms with Gasteiger partial charge in [0, 0.05) is 32.2 Å². The van der Waals surface area contributed by atoms with Crippen molar-refractivity contribution in [1.82, 2.24) is 4.31 Å². The van der Waals surface area contributed by atoms with Crippen LogP contribution in [0.15, 0.2) is 53.4 Å². The molecule has 0 radical (unpaired) electrons. The molecule has 0 spiro atoms. The van der Waals surface area contributed by atoms with Crippen LogP contribution in [-0.2, 0) is 16.2 Å². The van der Waals surface area contributed by atoms with Crippen LogP contribution < -0.4 is 4.90 Å². The van der Waals surface area contributed by atoms with Gasteiger partial charge in [-0.1, -0.05) is 24.3 Å². The van der Waals surface area contributed by atoms with Gasteiger partial charge in [-0.25, -0.2) is 8.42 Å². The standard InChI is InChI=1S/C17H16F3N3O4S/c18-17(19,20)13-5-1-4-8-16(13)28(26,27)22-11-9-21(10-12-22)14-6-2-3-7-15(14)23(24)25/h1-8H,9-12H2. The molecule has 0 aromatic heterocycles. The molecule has 0 unspecified atom stereocenters. The molecular weight excluding hydrogens is 399 g/mol. The lowest BCUT2D eigenvalue weighted by atomic mass is 10.2. The molecule has 0 bridgehead atoms. The Labute approximate surface area is 159 Å². The van der Waals surface area contributed by atoms with E-state index in [0.717, 1.165) is 22.5 Å². The summed E-state index contributed by atoms with van der Waals surface area (Å²) < 4.78 is 66.1. The van der Waals surface area contributed by atoms with Crippen molar-refractivity contribution in [3.05, 3.63) is 64.2 Å². The van der Waals surface area contributed by atoms with E-state index in [0.29, 0.717) is 5.69 Å². The summed E-state index contributed by atoms with van der Waals surface area (Å²) >= 11 is 0. The lowest BCUT2D eigenvalue weighted by molar-refractivity contribution is -0.384. The zero-order valence-electron chi connectivity index (χ0n) is 14.5. The number of hydrogen-bond acceptors (Lipinski definition) is 5. The first kappa shape index (κ1) is 20.1. The van der Waals surface area contributed by atoms with Crippen molar-refractivity contribution < 1.29 is 26.5 Å². The van der Waals surface area contributed by atoms with Crippen LogP contribution in [0, 0.1) is 10.1 Å². The van der Waals surface area contributed by atoms with Crippen LogP contribution in [0.1, 0.15) is 5.56 Å². The maximum absolute atomic E-state index is 13.2. The van der Waals surface area contributed by atoms with E-state index in [1.165, 1.54) is 18.2 Å². The predicted octanol–water partition coefficient (Wildman–Crippen LogP) is 3.12. The molecule has 0 N–H and O–H groups in total. The van der Waals surface area contributed by atoms with Gasteiger partial charge in [-0.2, -0.15) is 17.5 Å². The second kappa shape index (κ2) is 7.40. The topological polar surface area (TPSA) is 83.8 Å². The van der Waals surface area contributed by atoms with Crippen LogP contribution in [0.2, 0.25) is 0 Å². The van der Waals surface area contributed by atoms with Crippen LogP contribution >= 0.6 is 0 Å². The minimum Gasteiger partial charge on any atom is -0.363 e. The molecule has 3 rings (SSSR count). The molecule has 0 amide bonds. The molecule has 1 aliphatic rings. The van der Waals surface area contributed by atoms with Crippen molar-refractivity contribution in [3.63, 3.8) is 0 Å². The molecule has 0 saturated carbocycles. The Kier molecular flexibility index (Phi) is 5.31. The van der Waals surface area contributed by atoms with E-state index < -0.39 is 31.6 Å². The van der Waals surface area contributed by atoms with Gasteiger partial charge in [-0.3, -0.25) is 10.1 Å². The van der Waals surface area contributed by atoms with E-state index in [1.54, 1.807) is 17.0 Å². The first-order valence-corrected chi connectivity index (χ1v) is 9.71. The molecule has 11 heteroatoms. The molecular formula is C17H16F3N3O4S. The molecule has 1 fully saturated rings. The maximum atomic E-state index is 13.2. The van der Waals surface area contributed by atoms with Crippen LogP contribution in [0.4, 0.5) is 24.5 Å². The molecule has 150 valence electrons. The first-order valence-electron chi connectivity index (χ1n) is 8.27. The number of rotatable bonds is 4. The number of hydrogen-bond donors (Lipinski definition) is 0. The number of para-hydroxylation sites is 2. The Hall–Kier alpha value is -2.66. The lowest BCUT2D eigenvalue weighted by Gasteiger charge is -2.35. The maximum Gasteiger partial charge on any atom is 0.417 e. The third-order valence-corrected chi connectivity index (χ3v) is 6.42. The van der Waals surface area contributed by atoms with Crippen LogP contribution in [0.25, 0.3) is 0 Å². The summed E-state index contributed by atoms with van der Waals surface area (Å²) in [6.07, 6.45) is -4.80. The Balaban J connectivity index is 1.84. The van der Waals surface area contributed by atoms with Crippen molar-refractivity contribution in [2.24, 2.45) is 0 Å². The second-order valence-electron chi connectivity index (χ2n) is 6.13. The van der Waals surface area contributed by atoms with Gasteiger partial charge in [-0.05, 0) is 18.2 Å². The zero-order valence-corrected chi connectivity index (χ0v) is 15.3. The summed E-state index contributed by atoms with van der Waals surface area (Å²) in [4.78, 5) is 11.5. The van der Waals surface area contributed by atoms with E-state index in [9.17, 15) is 31.7 Å². The molecule has 2 aromatic carbocycles. The van der Waals surface area contributed by atoms with Crippen LogP contribution in [-0.4, -0.2) is 43.8 Å². The van der Waals surface area contributed by atoms with Crippen molar-refractivity contribution in [2.45, 2.75) is 11.1 Å². The monoisotopic (exact) mass is 415 g/mol. The van der Waals surface area contributed by atoms with Crippen LogP contribution in [0.5, 0.6) is 0 Å². The Bertz CT molecular complexity index is 987. The lowest BCUT2D eigenvalue weighted by Crippen LogP contribution is -2.49. The van der Waals surface area contributed by atoms with Gasteiger partial charge < -0.3 is 4.90 Å². The molecule has 0 aliphatic carbocycles. The zero-order chi connectivity index (χ0) is 20.5. The molecule has 1 aliphatic heterocycles. The number of alkyl halides is 3. The highest BCUT2D eigenvalue weighted by Crippen LogP contribution is 2.36. The van der Waals surface area contributed by atoms with Gasteiger partial charge in [0.2, 0.25) is 10.0 Å². The molecule has 1 saturated heterocycles. The van der Waals surface area contributed by atoms with Gasteiger partial charge in [0.25, 0.3) is 5.69 Å². The summed E-state index contributed by atoms with van der Waals surface area (Å²) in [6.45, 7) is 0.0810. The van der Waals surface area contributed by atoms with E-state index in [-0.39, 0.29) is 31.9 Å². The minimum atomic E-state index is -4.80. The summed E-state index contributed by atoms with van der Waals surface area (Å²) in [5.74, 6) is 0. The highest BCUT2D eigenvalue weighted by atomic mass is 32.2. The quantitative estimate of drug-likeness (QED) is 0.566.